The average Bonchev–Trinajstić information content (AvgIpc) is 3.22. The van der Waals surface area contributed by atoms with Crippen molar-refractivity contribution in [2.75, 3.05) is 13.1 Å². The fraction of sp³-hybridized carbons (Fsp3) is 0.750. The molecule has 0 radical (unpaired) electrons. The summed E-state index contributed by atoms with van der Waals surface area (Å²) in [6.45, 7) is 9.45. The van der Waals surface area contributed by atoms with E-state index in [4.69, 9.17) is 0 Å². The molecule has 2 amide bonds. The summed E-state index contributed by atoms with van der Waals surface area (Å²) in [4.78, 5) is 23.6. The summed E-state index contributed by atoms with van der Waals surface area (Å²) in [5.74, 6) is 0.881. The molecule has 2 rings (SSSR count). The van der Waals surface area contributed by atoms with Crippen molar-refractivity contribution in [3.8, 4) is 0 Å². The van der Waals surface area contributed by atoms with Crippen molar-refractivity contribution in [3.05, 3.63) is 11.6 Å². The lowest BCUT2D eigenvalue weighted by Crippen LogP contribution is -2.36. The first kappa shape index (κ1) is 15.1. The second-order valence-electron chi connectivity index (χ2n) is 6.93. The van der Waals surface area contributed by atoms with Crippen LogP contribution in [0.3, 0.4) is 0 Å². The highest BCUT2D eigenvalue weighted by molar-refractivity contribution is 5.84. The number of allylic oxidation sites excluding steroid dienone is 2. The van der Waals surface area contributed by atoms with Gasteiger partial charge in [-0.05, 0) is 38.0 Å². The summed E-state index contributed by atoms with van der Waals surface area (Å²) in [6, 6.07) is 0. The average molecular weight is 278 g/mol. The van der Waals surface area contributed by atoms with Crippen LogP contribution >= 0.6 is 0 Å². The minimum absolute atomic E-state index is 0.0542. The summed E-state index contributed by atoms with van der Waals surface area (Å²) in [5.41, 5.74) is 1.31. The Bertz CT molecular complexity index is 432. The van der Waals surface area contributed by atoms with Crippen LogP contribution in [0.5, 0.6) is 0 Å². The van der Waals surface area contributed by atoms with E-state index in [2.05, 4.69) is 44.4 Å². The second-order valence-corrected chi connectivity index (χ2v) is 6.93. The fourth-order valence-electron chi connectivity index (χ4n) is 2.82. The van der Waals surface area contributed by atoms with Gasteiger partial charge in [0.25, 0.3) is 0 Å². The van der Waals surface area contributed by atoms with E-state index in [1.165, 1.54) is 5.57 Å². The van der Waals surface area contributed by atoms with E-state index < -0.39 is 0 Å². The van der Waals surface area contributed by atoms with Crippen molar-refractivity contribution in [2.45, 2.75) is 40.5 Å². The number of rotatable bonds is 6. The first-order valence-electron chi connectivity index (χ1n) is 7.54. The molecule has 0 saturated heterocycles. The molecule has 4 heteroatoms. The first-order valence-corrected chi connectivity index (χ1v) is 7.54. The third-order valence-electron chi connectivity index (χ3n) is 4.38. The van der Waals surface area contributed by atoms with E-state index in [1.54, 1.807) is 0 Å². The minimum Gasteiger partial charge on any atom is -0.354 e. The van der Waals surface area contributed by atoms with Gasteiger partial charge in [-0.3, -0.25) is 9.59 Å². The molecule has 0 aromatic heterocycles. The smallest absolute Gasteiger partial charge is 0.224 e. The predicted molar refractivity (Wildman–Crippen MR) is 78.9 cm³/mol. The van der Waals surface area contributed by atoms with Gasteiger partial charge in [-0.25, -0.2) is 0 Å². The van der Waals surface area contributed by atoms with Crippen LogP contribution in [-0.4, -0.2) is 24.9 Å². The van der Waals surface area contributed by atoms with Crippen molar-refractivity contribution in [1.29, 1.82) is 0 Å². The van der Waals surface area contributed by atoms with Gasteiger partial charge in [0, 0.05) is 19.0 Å². The molecule has 112 valence electrons. The molecule has 0 bridgehead atoms. The normalized spacial score (nSPS) is 26.6. The van der Waals surface area contributed by atoms with Gasteiger partial charge in [0.2, 0.25) is 11.8 Å². The van der Waals surface area contributed by atoms with Crippen LogP contribution in [0, 0.1) is 23.2 Å². The largest absolute Gasteiger partial charge is 0.354 e. The molecule has 2 fully saturated rings. The molecule has 2 N–H and O–H groups in total. The third-order valence-corrected chi connectivity index (χ3v) is 4.38. The standard InChI is InChI=1S/C16H26N2O2/c1-10(2)9-12-13(16(12,3)4)15(20)18-8-7-17-14(19)11-5-6-11/h9,11-13H,5-8H2,1-4H3,(H,17,19)(H,18,20)/t12-,13+/m1/s1. The molecular formula is C16H26N2O2. The van der Waals surface area contributed by atoms with E-state index in [0.29, 0.717) is 19.0 Å². The Kier molecular flexibility index (Phi) is 4.21. The molecule has 0 aromatic rings. The lowest BCUT2D eigenvalue weighted by atomic mass is 10.1. The third kappa shape index (κ3) is 3.41. The number of hydrogen-bond acceptors (Lipinski definition) is 2. The van der Waals surface area contributed by atoms with Crippen molar-refractivity contribution >= 4 is 11.8 Å². The van der Waals surface area contributed by atoms with Crippen LogP contribution in [0.15, 0.2) is 11.6 Å². The van der Waals surface area contributed by atoms with Crippen LogP contribution < -0.4 is 10.6 Å². The molecule has 20 heavy (non-hydrogen) atoms. The lowest BCUT2D eigenvalue weighted by Gasteiger charge is -2.07. The maximum absolute atomic E-state index is 12.2. The van der Waals surface area contributed by atoms with Crippen LogP contribution in [0.2, 0.25) is 0 Å². The summed E-state index contributed by atoms with van der Waals surface area (Å²) in [7, 11) is 0. The molecule has 4 nitrogen and oxygen atoms in total. The molecule has 2 atom stereocenters. The highest BCUT2D eigenvalue weighted by Gasteiger charge is 2.60. The van der Waals surface area contributed by atoms with E-state index in [1.807, 2.05) is 0 Å². The molecular weight excluding hydrogens is 252 g/mol. The Balaban J connectivity index is 1.70. The zero-order chi connectivity index (χ0) is 14.9. The van der Waals surface area contributed by atoms with E-state index in [0.717, 1.165) is 12.8 Å². The summed E-state index contributed by atoms with van der Waals surface area (Å²) in [6.07, 6.45) is 4.22. The van der Waals surface area contributed by atoms with Gasteiger partial charge in [0.15, 0.2) is 0 Å². The van der Waals surface area contributed by atoms with E-state index >= 15 is 0 Å². The number of carbonyl (C=O) groups is 2. The van der Waals surface area contributed by atoms with Gasteiger partial charge >= 0.3 is 0 Å². The van der Waals surface area contributed by atoms with Gasteiger partial charge in [0.05, 0.1) is 5.92 Å². The van der Waals surface area contributed by atoms with E-state index in [-0.39, 0.29) is 29.1 Å². The molecule has 2 aliphatic rings. The molecule has 0 unspecified atom stereocenters. The number of nitrogens with one attached hydrogen (secondary N) is 2. The summed E-state index contributed by atoms with van der Waals surface area (Å²) < 4.78 is 0. The lowest BCUT2D eigenvalue weighted by molar-refractivity contribution is -0.124. The van der Waals surface area contributed by atoms with Crippen LogP contribution in [-0.2, 0) is 9.59 Å². The van der Waals surface area contributed by atoms with Crippen LogP contribution in [0.25, 0.3) is 0 Å². The van der Waals surface area contributed by atoms with Crippen LogP contribution in [0.4, 0.5) is 0 Å². The molecule has 2 aliphatic carbocycles. The van der Waals surface area contributed by atoms with Gasteiger partial charge in [-0.15, -0.1) is 0 Å². The highest BCUT2D eigenvalue weighted by Crippen LogP contribution is 2.59. The topological polar surface area (TPSA) is 58.2 Å². The maximum Gasteiger partial charge on any atom is 0.224 e. The number of carbonyl (C=O) groups excluding carboxylic acids is 2. The van der Waals surface area contributed by atoms with Crippen molar-refractivity contribution < 1.29 is 9.59 Å². The Labute approximate surface area is 121 Å². The molecule has 0 aromatic carbocycles. The quantitative estimate of drug-likeness (QED) is 0.575. The van der Waals surface area contributed by atoms with Crippen molar-refractivity contribution in [1.82, 2.24) is 10.6 Å². The number of hydrogen-bond donors (Lipinski definition) is 2. The van der Waals surface area contributed by atoms with Crippen molar-refractivity contribution in [2.24, 2.45) is 23.2 Å². The minimum atomic E-state index is 0.0542. The fourth-order valence-corrected chi connectivity index (χ4v) is 2.82. The van der Waals surface area contributed by atoms with Crippen LogP contribution in [0.1, 0.15) is 40.5 Å². The zero-order valence-electron chi connectivity index (χ0n) is 13.0. The Morgan fingerprint density at radius 2 is 1.65 bits per heavy atom. The van der Waals surface area contributed by atoms with Gasteiger partial charge < -0.3 is 10.6 Å². The van der Waals surface area contributed by atoms with Gasteiger partial charge in [0.1, 0.15) is 0 Å². The van der Waals surface area contributed by atoms with E-state index in [9.17, 15) is 9.59 Å². The van der Waals surface area contributed by atoms with Gasteiger partial charge in [-0.2, -0.15) is 0 Å². The SMILES string of the molecule is CC(C)=C[C@@H]1[C@@H](C(=O)NCCNC(=O)C2CC2)C1(C)C. The molecule has 0 aliphatic heterocycles. The number of amides is 2. The predicted octanol–water partition coefficient (Wildman–Crippen LogP) is 1.87. The Morgan fingerprint density at radius 3 is 2.15 bits per heavy atom. The summed E-state index contributed by atoms with van der Waals surface area (Å²) >= 11 is 0. The monoisotopic (exact) mass is 278 g/mol. The maximum atomic E-state index is 12.2. The van der Waals surface area contributed by atoms with Crippen molar-refractivity contribution in [3.63, 3.8) is 0 Å². The Morgan fingerprint density at radius 1 is 1.10 bits per heavy atom. The van der Waals surface area contributed by atoms with Gasteiger partial charge in [-0.1, -0.05) is 25.5 Å². The second kappa shape index (κ2) is 5.58. The zero-order valence-corrected chi connectivity index (χ0v) is 13.0. The molecule has 2 saturated carbocycles. The molecule has 0 spiro atoms. The highest BCUT2D eigenvalue weighted by atomic mass is 16.2. The first-order chi connectivity index (χ1) is 9.34. The summed E-state index contributed by atoms with van der Waals surface area (Å²) in [5, 5.41) is 5.79. The molecule has 0 heterocycles. The Hall–Kier alpha value is -1.32.